The van der Waals surface area contributed by atoms with Gasteiger partial charge in [-0.25, -0.2) is 4.39 Å². The van der Waals surface area contributed by atoms with Gasteiger partial charge in [0.25, 0.3) is 0 Å². The van der Waals surface area contributed by atoms with Crippen LogP contribution in [0.2, 0.25) is 0 Å². The van der Waals surface area contributed by atoms with Crippen LogP contribution in [0, 0.1) is 5.82 Å². The molecule has 4 rings (SSSR count). The zero-order valence-corrected chi connectivity index (χ0v) is 13.7. The lowest BCUT2D eigenvalue weighted by atomic mass is 9.96. The van der Waals surface area contributed by atoms with E-state index in [9.17, 15) is 4.39 Å². The number of halogens is 1. The Bertz CT molecular complexity index is 877. The molecule has 0 fully saturated rings. The van der Waals surface area contributed by atoms with Gasteiger partial charge < -0.3 is 14.0 Å². The van der Waals surface area contributed by atoms with Gasteiger partial charge in [-0.3, -0.25) is 0 Å². The summed E-state index contributed by atoms with van der Waals surface area (Å²) in [4.78, 5) is 4.48. The van der Waals surface area contributed by atoms with Crippen molar-refractivity contribution >= 4 is 0 Å². The Morgan fingerprint density at radius 1 is 1.20 bits per heavy atom. The lowest BCUT2D eigenvalue weighted by Gasteiger charge is -2.23. The predicted molar refractivity (Wildman–Crippen MR) is 88.4 cm³/mol. The first-order chi connectivity index (χ1) is 12.2. The Morgan fingerprint density at radius 2 is 2.04 bits per heavy atom. The van der Waals surface area contributed by atoms with Crippen LogP contribution < -0.4 is 9.47 Å². The monoisotopic (exact) mass is 340 g/mol. The van der Waals surface area contributed by atoms with Crippen LogP contribution in [0.1, 0.15) is 28.8 Å². The van der Waals surface area contributed by atoms with Gasteiger partial charge in [0, 0.05) is 6.42 Å². The summed E-state index contributed by atoms with van der Waals surface area (Å²) in [6, 6.07) is 12.1. The van der Waals surface area contributed by atoms with E-state index < -0.39 is 0 Å². The number of ether oxygens (including phenoxy) is 2. The fourth-order valence-corrected chi connectivity index (χ4v) is 2.95. The number of hydrogen-bond acceptors (Lipinski definition) is 5. The number of aromatic nitrogens is 2. The fourth-order valence-electron chi connectivity index (χ4n) is 2.95. The van der Waals surface area contributed by atoms with Crippen molar-refractivity contribution in [2.24, 2.45) is 0 Å². The molecular formula is C19H17FN2O3. The molecule has 0 aliphatic carbocycles. The minimum atomic E-state index is -0.258. The highest BCUT2D eigenvalue weighted by Gasteiger charge is 2.26. The van der Waals surface area contributed by atoms with E-state index in [4.69, 9.17) is 14.0 Å². The molecule has 0 radical (unpaired) electrons. The molecule has 25 heavy (non-hydrogen) atoms. The molecule has 0 amide bonds. The van der Waals surface area contributed by atoms with Crippen molar-refractivity contribution in [3.8, 4) is 11.5 Å². The average molecular weight is 340 g/mol. The second-order valence-electron chi connectivity index (χ2n) is 6.04. The molecule has 0 N–H and O–H groups in total. The van der Waals surface area contributed by atoms with Crippen molar-refractivity contribution in [1.29, 1.82) is 0 Å². The van der Waals surface area contributed by atoms with Gasteiger partial charge in [-0.15, -0.1) is 0 Å². The van der Waals surface area contributed by atoms with E-state index in [2.05, 4.69) is 10.1 Å². The third-order valence-electron chi connectivity index (χ3n) is 4.28. The number of hydrogen-bond donors (Lipinski definition) is 0. The van der Waals surface area contributed by atoms with E-state index in [1.54, 1.807) is 19.2 Å². The van der Waals surface area contributed by atoms with E-state index in [1.165, 1.54) is 12.1 Å². The van der Waals surface area contributed by atoms with E-state index >= 15 is 0 Å². The van der Waals surface area contributed by atoms with Crippen LogP contribution in [-0.4, -0.2) is 23.9 Å². The molecule has 2 heterocycles. The highest BCUT2D eigenvalue weighted by atomic mass is 19.1. The lowest BCUT2D eigenvalue weighted by molar-refractivity contribution is 0.229. The zero-order valence-electron chi connectivity index (χ0n) is 13.7. The van der Waals surface area contributed by atoms with E-state index in [-0.39, 0.29) is 11.7 Å². The standard InChI is InChI=1S/C19H17FN2O3/c1-23-16-6-7-17-13(10-16)9-14(11-24-17)19-21-18(22-25-19)8-12-2-4-15(20)5-3-12/h2-7,10,14H,8-9,11H2,1H3. The number of rotatable bonds is 4. The second-order valence-corrected chi connectivity index (χ2v) is 6.04. The third kappa shape index (κ3) is 3.33. The van der Waals surface area contributed by atoms with Crippen LogP contribution in [0.15, 0.2) is 47.0 Å². The van der Waals surface area contributed by atoms with Gasteiger partial charge >= 0.3 is 0 Å². The van der Waals surface area contributed by atoms with Crippen LogP contribution in [0.3, 0.4) is 0 Å². The van der Waals surface area contributed by atoms with Crippen molar-refractivity contribution < 1.29 is 18.4 Å². The van der Waals surface area contributed by atoms with Gasteiger partial charge in [-0.05, 0) is 47.9 Å². The van der Waals surface area contributed by atoms with Crippen LogP contribution in [0.5, 0.6) is 11.5 Å². The summed E-state index contributed by atoms with van der Waals surface area (Å²) in [7, 11) is 1.64. The van der Waals surface area contributed by atoms with Gasteiger partial charge in [-0.2, -0.15) is 4.98 Å². The molecule has 3 aromatic rings. The highest BCUT2D eigenvalue weighted by molar-refractivity contribution is 5.42. The molecular weight excluding hydrogens is 323 g/mol. The lowest BCUT2D eigenvalue weighted by Crippen LogP contribution is -2.19. The fraction of sp³-hybridized carbons (Fsp3) is 0.263. The maximum atomic E-state index is 13.0. The molecule has 1 aromatic heterocycles. The largest absolute Gasteiger partial charge is 0.497 e. The normalized spacial score (nSPS) is 16.2. The molecule has 128 valence electrons. The molecule has 0 spiro atoms. The minimum absolute atomic E-state index is 0.00840. The van der Waals surface area contributed by atoms with Gasteiger partial charge in [-0.1, -0.05) is 17.3 Å². The Morgan fingerprint density at radius 3 is 2.84 bits per heavy atom. The maximum Gasteiger partial charge on any atom is 0.233 e. The average Bonchev–Trinajstić information content (AvgIpc) is 3.11. The van der Waals surface area contributed by atoms with Gasteiger partial charge in [0.1, 0.15) is 23.9 Å². The molecule has 0 saturated carbocycles. The first-order valence-corrected chi connectivity index (χ1v) is 8.08. The predicted octanol–water partition coefficient (Wildman–Crippen LogP) is 3.53. The van der Waals surface area contributed by atoms with Gasteiger partial charge in [0.05, 0.1) is 13.0 Å². The SMILES string of the molecule is COc1ccc2c(c1)CC(c1nc(Cc3ccc(F)cc3)no1)CO2. The topological polar surface area (TPSA) is 57.4 Å². The van der Waals surface area contributed by atoms with E-state index in [1.807, 2.05) is 18.2 Å². The number of benzene rings is 2. The Labute approximate surface area is 144 Å². The first-order valence-electron chi connectivity index (χ1n) is 8.08. The van der Waals surface area contributed by atoms with Crippen LogP contribution in [0.4, 0.5) is 4.39 Å². The Hall–Kier alpha value is -2.89. The number of fused-ring (bicyclic) bond motifs is 1. The molecule has 1 aliphatic rings. The first kappa shape index (κ1) is 15.6. The van der Waals surface area contributed by atoms with Crippen molar-refractivity contribution in [2.75, 3.05) is 13.7 Å². The molecule has 6 heteroatoms. The zero-order chi connectivity index (χ0) is 17.2. The van der Waals surface area contributed by atoms with Crippen molar-refractivity contribution in [2.45, 2.75) is 18.8 Å². The summed E-state index contributed by atoms with van der Waals surface area (Å²) < 4.78 is 29.5. The van der Waals surface area contributed by atoms with Crippen molar-refractivity contribution in [3.05, 3.63) is 71.1 Å². The summed E-state index contributed by atoms with van der Waals surface area (Å²) in [5.41, 5.74) is 2.00. The summed E-state index contributed by atoms with van der Waals surface area (Å²) in [6.45, 7) is 0.498. The Kier molecular flexibility index (Phi) is 4.09. The summed E-state index contributed by atoms with van der Waals surface area (Å²) in [5.74, 6) is 2.55. The highest BCUT2D eigenvalue weighted by Crippen LogP contribution is 2.34. The molecule has 1 aliphatic heterocycles. The number of nitrogens with zero attached hydrogens (tertiary/aromatic N) is 2. The van der Waals surface area contributed by atoms with Crippen LogP contribution in [0.25, 0.3) is 0 Å². The maximum absolute atomic E-state index is 13.0. The quantitative estimate of drug-likeness (QED) is 0.727. The van der Waals surface area contributed by atoms with E-state index in [0.717, 1.165) is 29.0 Å². The van der Waals surface area contributed by atoms with Crippen molar-refractivity contribution in [1.82, 2.24) is 10.1 Å². The Balaban J connectivity index is 1.49. The second kappa shape index (κ2) is 6.55. The molecule has 0 bridgehead atoms. The van der Waals surface area contributed by atoms with Crippen molar-refractivity contribution in [3.63, 3.8) is 0 Å². The third-order valence-corrected chi connectivity index (χ3v) is 4.28. The van der Waals surface area contributed by atoms with Crippen LogP contribution >= 0.6 is 0 Å². The van der Waals surface area contributed by atoms with Crippen LogP contribution in [-0.2, 0) is 12.8 Å². The molecule has 1 atom stereocenters. The number of methoxy groups -OCH3 is 1. The van der Waals surface area contributed by atoms with E-state index in [0.29, 0.717) is 24.7 Å². The summed E-state index contributed by atoms with van der Waals surface area (Å²) >= 11 is 0. The summed E-state index contributed by atoms with van der Waals surface area (Å²) in [5, 5.41) is 4.04. The molecule has 5 nitrogen and oxygen atoms in total. The minimum Gasteiger partial charge on any atom is -0.497 e. The molecule has 2 aromatic carbocycles. The van der Waals surface area contributed by atoms with Gasteiger partial charge in [0.15, 0.2) is 5.82 Å². The molecule has 1 unspecified atom stereocenters. The molecule has 0 saturated heterocycles. The van der Waals surface area contributed by atoms with Gasteiger partial charge in [0.2, 0.25) is 5.89 Å². The summed E-state index contributed by atoms with van der Waals surface area (Å²) in [6.07, 6.45) is 1.26. The smallest absolute Gasteiger partial charge is 0.233 e.